The third-order valence-electron chi connectivity index (χ3n) is 7.22. The van der Waals surface area contributed by atoms with E-state index in [1.54, 1.807) is 24.3 Å². The van der Waals surface area contributed by atoms with Crippen LogP contribution in [0.5, 0.6) is 0 Å². The van der Waals surface area contributed by atoms with E-state index in [0.29, 0.717) is 34.3 Å². The Morgan fingerprint density at radius 1 is 0.900 bits per heavy atom. The zero-order valence-electron chi connectivity index (χ0n) is 22.3. The number of rotatable bonds is 8. The van der Waals surface area contributed by atoms with Crippen LogP contribution in [0.3, 0.4) is 0 Å². The molecule has 2 aliphatic heterocycles. The van der Waals surface area contributed by atoms with Crippen LogP contribution in [0.15, 0.2) is 83.8 Å². The molecule has 40 heavy (non-hydrogen) atoms. The SMILES string of the molecule is CN1CCN(NC(=O)c2cccc(CS(=O)(=O)C=C3CN(C(c4ccc(Cl)cc4)c4ccc(Cl)cc4)C3)c2)CC1. The lowest BCUT2D eigenvalue weighted by Gasteiger charge is -2.41. The van der Waals surface area contributed by atoms with E-state index < -0.39 is 9.84 Å². The van der Waals surface area contributed by atoms with Gasteiger partial charge in [0.15, 0.2) is 9.84 Å². The molecule has 0 unspecified atom stereocenters. The zero-order valence-corrected chi connectivity index (χ0v) is 24.6. The second-order valence-electron chi connectivity index (χ2n) is 10.4. The highest BCUT2D eigenvalue weighted by molar-refractivity contribution is 7.93. The quantitative estimate of drug-likeness (QED) is 0.402. The molecule has 1 N–H and O–H groups in total. The van der Waals surface area contributed by atoms with Crippen LogP contribution < -0.4 is 5.43 Å². The van der Waals surface area contributed by atoms with Gasteiger partial charge in [0.2, 0.25) is 0 Å². The number of benzene rings is 3. The van der Waals surface area contributed by atoms with Crippen LogP contribution in [-0.4, -0.2) is 75.4 Å². The summed E-state index contributed by atoms with van der Waals surface area (Å²) in [5, 5.41) is 4.62. The average Bonchev–Trinajstić information content (AvgIpc) is 2.90. The Balaban J connectivity index is 1.24. The van der Waals surface area contributed by atoms with Crippen molar-refractivity contribution in [1.82, 2.24) is 20.2 Å². The molecule has 2 fully saturated rings. The van der Waals surface area contributed by atoms with E-state index in [9.17, 15) is 13.2 Å². The van der Waals surface area contributed by atoms with Crippen molar-refractivity contribution in [1.29, 1.82) is 0 Å². The summed E-state index contributed by atoms with van der Waals surface area (Å²) in [7, 11) is -1.48. The van der Waals surface area contributed by atoms with Crippen molar-refractivity contribution in [2.75, 3.05) is 46.3 Å². The summed E-state index contributed by atoms with van der Waals surface area (Å²) in [6.07, 6.45) is 0. The lowest BCUT2D eigenvalue weighted by atomic mass is 9.93. The Kier molecular flexibility index (Phi) is 8.95. The minimum atomic E-state index is -3.53. The summed E-state index contributed by atoms with van der Waals surface area (Å²) in [6, 6.07) is 22.2. The number of sulfone groups is 1. The molecule has 0 saturated carbocycles. The lowest BCUT2D eigenvalue weighted by Crippen LogP contribution is -2.52. The molecule has 7 nitrogen and oxygen atoms in total. The number of nitrogens with zero attached hydrogens (tertiary/aromatic N) is 3. The molecule has 0 aliphatic carbocycles. The summed E-state index contributed by atoms with van der Waals surface area (Å²) in [6.45, 7) is 4.32. The van der Waals surface area contributed by atoms with Gasteiger partial charge in [0.25, 0.3) is 5.91 Å². The van der Waals surface area contributed by atoms with Gasteiger partial charge in [-0.05, 0) is 65.7 Å². The minimum Gasteiger partial charge on any atom is -0.304 e. The maximum Gasteiger partial charge on any atom is 0.265 e. The largest absolute Gasteiger partial charge is 0.304 e. The molecule has 0 spiro atoms. The van der Waals surface area contributed by atoms with Crippen molar-refractivity contribution < 1.29 is 13.2 Å². The number of likely N-dealkylation sites (N-methyl/N-ethyl adjacent to an activating group) is 1. The Morgan fingerprint density at radius 3 is 2.05 bits per heavy atom. The van der Waals surface area contributed by atoms with Gasteiger partial charge in [-0.3, -0.25) is 15.1 Å². The molecule has 0 atom stereocenters. The summed E-state index contributed by atoms with van der Waals surface area (Å²) in [5.41, 5.74) is 6.94. The third kappa shape index (κ3) is 7.32. The fourth-order valence-corrected chi connectivity index (χ4v) is 6.73. The molecular weight excluding hydrogens is 567 g/mol. The molecular formula is C30H32Cl2N4O3S. The average molecular weight is 600 g/mol. The maximum absolute atomic E-state index is 13.1. The van der Waals surface area contributed by atoms with E-state index in [-0.39, 0.29) is 17.7 Å². The van der Waals surface area contributed by atoms with E-state index in [4.69, 9.17) is 23.2 Å². The minimum absolute atomic E-state index is 0.0510. The number of piperazine rings is 1. The van der Waals surface area contributed by atoms with E-state index in [0.717, 1.165) is 42.9 Å². The maximum atomic E-state index is 13.1. The van der Waals surface area contributed by atoms with Gasteiger partial charge in [-0.25, -0.2) is 13.4 Å². The third-order valence-corrected chi connectivity index (χ3v) is 9.15. The summed E-state index contributed by atoms with van der Waals surface area (Å²) >= 11 is 12.2. The van der Waals surface area contributed by atoms with Gasteiger partial charge >= 0.3 is 0 Å². The summed E-state index contributed by atoms with van der Waals surface area (Å²) in [4.78, 5) is 17.2. The van der Waals surface area contributed by atoms with Crippen LogP contribution in [0.4, 0.5) is 0 Å². The van der Waals surface area contributed by atoms with Crippen LogP contribution in [-0.2, 0) is 15.6 Å². The van der Waals surface area contributed by atoms with Crippen LogP contribution in [0.25, 0.3) is 0 Å². The lowest BCUT2D eigenvalue weighted by molar-refractivity contribution is 0.0662. The number of amides is 1. The molecule has 2 heterocycles. The number of carbonyl (C=O) groups is 1. The second kappa shape index (κ2) is 12.4. The van der Waals surface area contributed by atoms with Crippen LogP contribution in [0.1, 0.15) is 33.1 Å². The Morgan fingerprint density at radius 2 is 1.48 bits per heavy atom. The van der Waals surface area contributed by atoms with Crippen molar-refractivity contribution in [3.8, 4) is 0 Å². The number of carbonyl (C=O) groups excluding carboxylic acids is 1. The van der Waals surface area contributed by atoms with Gasteiger partial charge in [-0.2, -0.15) is 0 Å². The molecule has 3 aromatic carbocycles. The number of likely N-dealkylation sites (tertiary alicyclic amines) is 1. The Bertz CT molecular complexity index is 1430. The standard InChI is InChI=1S/C30H32Cl2N4O3S/c1-34-13-15-36(16-14-34)33-30(37)26-4-2-3-22(17-26)20-40(38,39)21-23-18-35(19-23)29(24-5-9-27(31)10-6-24)25-7-11-28(32)12-8-25/h2-12,17,21,29H,13-16,18-20H2,1H3,(H,33,37). The van der Waals surface area contributed by atoms with E-state index in [1.807, 2.05) is 53.5 Å². The molecule has 0 aromatic heterocycles. The molecule has 1 amide bonds. The number of nitrogens with one attached hydrogen (secondary N) is 1. The first-order valence-electron chi connectivity index (χ1n) is 13.2. The van der Waals surface area contributed by atoms with Gasteiger partial charge in [-0.1, -0.05) is 59.6 Å². The highest BCUT2D eigenvalue weighted by Gasteiger charge is 2.31. The number of hydrogen-bond acceptors (Lipinski definition) is 6. The first-order valence-corrected chi connectivity index (χ1v) is 15.6. The van der Waals surface area contributed by atoms with Gasteiger partial charge in [0.1, 0.15) is 0 Å². The van der Waals surface area contributed by atoms with Gasteiger partial charge in [0.05, 0.1) is 11.8 Å². The fraction of sp³-hybridized carbons (Fsp3) is 0.300. The molecule has 210 valence electrons. The highest BCUT2D eigenvalue weighted by Crippen LogP contribution is 2.35. The molecule has 10 heteroatoms. The fourth-order valence-electron chi connectivity index (χ4n) is 5.09. The predicted molar refractivity (Wildman–Crippen MR) is 160 cm³/mol. The zero-order chi connectivity index (χ0) is 28.3. The van der Waals surface area contributed by atoms with Crippen molar-refractivity contribution >= 4 is 38.9 Å². The van der Waals surface area contributed by atoms with Crippen molar-refractivity contribution in [3.63, 3.8) is 0 Å². The van der Waals surface area contributed by atoms with Crippen LogP contribution in [0.2, 0.25) is 10.0 Å². The normalized spacial score (nSPS) is 17.1. The smallest absolute Gasteiger partial charge is 0.265 e. The topological polar surface area (TPSA) is 73.0 Å². The van der Waals surface area contributed by atoms with Gasteiger partial charge in [-0.15, -0.1) is 0 Å². The first-order chi connectivity index (χ1) is 19.1. The predicted octanol–water partition coefficient (Wildman–Crippen LogP) is 4.79. The summed E-state index contributed by atoms with van der Waals surface area (Å²) < 4.78 is 26.2. The number of halogens is 2. The van der Waals surface area contributed by atoms with Crippen molar-refractivity contribution in [2.45, 2.75) is 11.8 Å². The molecule has 2 saturated heterocycles. The van der Waals surface area contributed by atoms with Crippen LogP contribution in [0, 0.1) is 0 Å². The number of hydrogen-bond donors (Lipinski definition) is 1. The van der Waals surface area contributed by atoms with E-state index >= 15 is 0 Å². The van der Waals surface area contributed by atoms with Gasteiger partial charge < -0.3 is 4.90 Å². The Hall–Kier alpha value is -2.72. The molecule has 0 radical (unpaired) electrons. The van der Waals surface area contributed by atoms with Gasteiger partial charge in [0, 0.05) is 60.3 Å². The molecule has 3 aromatic rings. The van der Waals surface area contributed by atoms with E-state index in [2.05, 4.69) is 22.3 Å². The van der Waals surface area contributed by atoms with Crippen LogP contribution >= 0.6 is 23.2 Å². The van der Waals surface area contributed by atoms with E-state index in [1.165, 1.54) is 5.41 Å². The van der Waals surface area contributed by atoms with Crippen molar-refractivity contribution in [3.05, 3.63) is 116 Å². The first kappa shape index (κ1) is 28.8. The molecule has 2 aliphatic rings. The molecule has 0 bridgehead atoms. The summed E-state index contributed by atoms with van der Waals surface area (Å²) in [5.74, 6) is -0.392. The monoisotopic (exact) mass is 598 g/mol. The Labute approximate surface area is 245 Å². The molecule has 5 rings (SSSR count). The van der Waals surface area contributed by atoms with Crippen molar-refractivity contribution in [2.24, 2.45) is 0 Å². The highest BCUT2D eigenvalue weighted by atomic mass is 35.5. The number of hydrazine groups is 1. The second-order valence-corrected chi connectivity index (χ2v) is 13.1.